The summed E-state index contributed by atoms with van der Waals surface area (Å²) in [6, 6.07) is 1.81. The molecule has 0 aliphatic heterocycles. The first-order valence-electron chi connectivity index (χ1n) is 5.22. The molecule has 0 saturated carbocycles. The van der Waals surface area contributed by atoms with Crippen LogP contribution in [0.1, 0.15) is 13.8 Å². The van der Waals surface area contributed by atoms with Gasteiger partial charge in [-0.05, 0) is 19.9 Å². The highest BCUT2D eigenvalue weighted by Gasteiger charge is 2.32. The molecular weight excluding hydrogens is 222 g/mol. The Hall–Kier alpha value is -2.05. The topological polar surface area (TPSA) is 106 Å². The number of hydrogen-bond donors (Lipinski definition) is 3. The van der Waals surface area contributed by atoms with Gasteiger partial charge in [-0.2, -0.15) is 5.10 Å². The van der Waals surface area contributed by atoms with Crippen LogP contribution < -0.4 is 11.1 Å². The van der Waals surface area contributed by atoms with Crippen LogP contribution in [0.3, 0.4) is 0 Å². The van der Waals surface area contributed by atoms with Crippen molar-refractivity contribution in [1.29, 1.82) is 0 Å². The van der Waals surface area contributed by atoms with E-state index < -0.39 is 5.41 Å². The highest BCUT2D eigenvalue weighted by atomic mass is 16.4. The highest BCUT2D eigenvalue weighted by Crippen LogP contribution is 2.14. The van der Waals surface area contributed by atoms with Crippen molar-refractivity contribution in [2.75, 3.05) is 6.54 Å². The molecule has 7 nitrogen and oxygen atoms in total. The third-order valence-electron chi connectivity index (χ3n) is 2.50. The molecule has 0 aromatic carbocycles. The Balaban J connectivity index is 2.44. The largest absolute Gasteiger partial charge is 0.409 e. The Labute approximate surface area is 99.3 Å². The Bertz CT molecular complexity index is 397. The van der Waals surface area contributed by atoms with Gasteiger partial charge in [0.05, 0.1) is 6.54 Å². The number of aromatic nitrogens is 2. The molecule has 17 heavy (non-hydrogen) atoms. The van der Waals surface area contributed by atoms with E-state index in [-0.39, 0.29) is 11.7 Å². The van der Waals surface area contributed by atoms with Crippen molar-refractivity contribution in [3.8, 4) is 0 Å². The fourth-order valence-corrected chi connectivity index (χ4v) is 1.18. The van der Waals surface area contributed by atoms with E-state index in [4.69, 9.17) is 10.9 Å². The van der Waals surface area contributed by atoms with E-state index in [2.05, 4.69) is 15.6 Å². The molecule has 0 saturated heterocycles. The van der Waals surface area contributed by atoms with Crippen LogP contribution in [0.4, 0.5) is 0 Å². The van der Waals surface area contributed by atoms with Gasteiger partial charge in [0.15, 0.2) is 5.84 Å². The van der Waals surface area contributed by atoms with Crippen LogP contribution in [-0.4, -0.2) is 33.3 Å². The summed E-state index contributed by atoms with van der Waals surface area (Å²) in [6.07, 6.45) is 3.48. The lowest BCUT2D eigenvalue weighted by Crippen LogP contribution is -2.46. The number of hydrogen-bond acceptors (Lipinski definition) is 4. The van der Waals surface area contributed by atoms with Gasteiger partial charge in [0.25, 0.3) is 0 Å². The third kappa shape index (κ3) is 3.20. The second kappa shape index (κ2) is 5.33. The molecule has 0 bridgehead atoms. The van der Waals surface area contributed by atoms with Crippen LogP contribution in [-0.2, 0) is 11.3 Å². The van der Waals surface area contributed by atoms with E-state index in [1.165, 1.54) is 0 Å². The average Bonchev–Trinajstić information content (AvgIpc) is 2.80. The Morgan fingerprint density at radius 3 is 2.88 bits per heavy atom. The minimum Gasteiger partial charge on any atom is -0.409 e. The number of amidine groups is 1. The van der Waals surface area contributed by atoms with Crippen molar-refractivity contribution >= 4 is 11.7 Å². The van der Waals surface area contributed by atoms with Gasteiger partial charge in [0.1, 0.15) is 5.41 Å². The molecule has 1 aromatic heterocycles. The first-order valence-corrected chi connectivity index (χ1v) is 5.22. The van der Waals surface area contributed by atoms with Gasteiger partial charge in [-0.25, -0.2) is 0 Å². The first kappa shape index (κ1) is 13.0. The van der Waals surface area contributed by atoms with Crippen molar-refractivity contribution in [2.45, 2.75) is 20.4 Å². The van der Waals surface area contributed by atoms with Crippen LogP contribution in [0.25, 0.3) is 0 Å². The van der Waals surface area contributed by atoms with Gasteiger partial charge in [-0.1, -0.05) is 5.16 Å². The monoisotopic (exact) mass is 239 g/mol. The summed E-state index contributed by atoms with van der Waals surface area (Å²) in [5.41, 5.74) is 4.41. The molecule has 0 spiro atoms. The van der Waals surface area contributed by atoms with Crippen molar-refractivity contribution in [1.82, 2.24) is 15.1 Å². The highest BCUT2D eigenvalue weighted by molar-refractivity contribution is 6.05. The molecule has 4 N–H and O–H groups in total. The van der Waals surface area contributed by atoms with E-state index in [0.717, 1.165) is 0 Å². The zero-order valence-corrected chi connectivity index (χ0v) is 9.92. The van der Waals surface area contributed by atoms with Gasteiger partial charge in [0.2, 0.25) is 5.91 Å². The SMILES string of the molecule is CC(C)(C(=O)NCCn1cccn1)C(N)=NO. The first-order chi connectivity index (χ1) is 7.98. The normalized spacial score (nSPS) is 12.5. The number of oxime groups is 1. The Morgan fingerprint density at radius 2 is 2.35 bits per heavy atom. The lowest BCUT2D eigenvalue weighted by Gasteiger charge is -2.21. The van der Waals surface area contributed by atoms with E-state index in [1.807, 2.05) is 6.07 Å². The van der Waals surface area contributed by atoms with Crippen LogP contribution in [0.15, 0.2) is 23.6 Å². The zero-order chi connectivity index (χ0) is 12.9. The summed E-state index contributed by atoms with van der Waals surface area (Å²) in [6.45, 7) is 4.18. The number of carbonyl (C=O) groups excluding carboxylic acids is 1. The van der Waals surface area contributed by atoms with Gasteiger partial charge >= 0.3 is 0 Å². The molecule has 0 aliphatic rings. The number of rotatable bonds is 5. The van der Waals surface area contributed by atoms with Crippen molar-refractivity contribution in [3.05, 3.63) is 18.5 Å². The van der Waals surface area contributed by atoms with Crippen LogP contribution in [0.5, 0.6) is 0 Å². The predicted octanol–water partition coefficient (Wildman–Crippen LogP) is -0.228. The standard InChI is InChI=1S/C10H17N5O2/c1-10(2,8(11)14-17)9(16)12-5-7-15-6-3-4-13-15/h3-4,6,17H,5,7H2,1-2H3,(H2,11,14)(H,12,16). The molecule has 0 atom stereocenters. The maximum absolute atomic E-state index is 11.8. The molecule has 1 amide bonds. The van der Waals surface area contributed by atoms with Crippen molar-refractivity contribution in [2.24, 2.45) is 16.3 Å². The molecule has 1 heterocycles. The average molecular weight is 239 g/mol. The summed E-state index contributed by atoms with van der Waals surface area (Å²) in [7, 11) is 0. The maximum atomic E-state index is 11.8. The van der Waals surface area contributed by atoms with Crippen LogP contribution in [0, 0.1) is 5.41 Å². The van der Waals surface area contributed by atoms with Gasteiger partial charge in [0, 0.05) is 18.9 Å². The Kier molecular flexibility index (Phi) is 4.08. The summed E-state index contributed by atoms with van der Waals surface area (Å²) < 4.78 is 1.71. The fourth-order valence-electron chi connectivity index (χ4n) is 1.18. The number of amides is 1. The second-order valence-corrected chi connectivity index (χ2v) is 4.14. The summed E-state index contributed by atoms with van der Waals surface area (Å²) in [5.74, 6) is -0.408. The molecule has 0 aliphatic carbocycles. The van der Waals surface area contributed by atoms with E-state index >= 15 is 0 Å². The van der Waals surface area contributed by atoms with E-state index in [9.17, 15) is 4.79 Å². The molecule has 1 aromatic rings. The zero-order valence-electron chi connectivity index (χ0n) is 9.92. The van der Waals surface area contributed by atoms with E-state index in [1.54, 1.807) is 30.9 Å². The van der Waals surface area contributed by atoms with Crippen LogP contribution >= 0.6 is 0 Å². The smallest absolute Gasteiger partial charge is 0.233 e. The Morgan fingerprint density at radius 1 is 1.65 bits per heavy atom. The van der Waals surface area contributed by atoms with Crippen molar-refractivity contribution < 1.29 is 10.0 Å². The fraction of sp³-hybridized carbons (Fsp3) is 0.500. The predicted molar refractivity (Wildman–Crippen MR) is 62.4 cm³/mol. The van der Waals surface area contributed by atoms with Gasteiger partial charge < -0.3 is 16.3 Å². The van der Waals surface area contributed by atoms with Gasteiger partial charge in [-0.3, -0.25) is 9.48 Å². The molecule has 0 unspecified atom stereocenters. The molecule has 7 heteroatoms. The quantitative estimate of drug-likeness (QED) is 0.285. The van der Waals surface area contributed by atoms with E-state index in [0.29, 0.717) is 13.1 Å². The lowest BCUT2D eigenvalue weighted by molar-refractivity contribution is -0.126. The van der Waals surface area contributed by atoms with Gasteiger partial charge in [-0.15, -0.1) is 0 Å². The summed E-state index contributed by atoms with van der Waals surface area (Å²) in [5, 5.41) is 18.1. The number of nitrogens with zero attached hydrogens (tertiary/aromatic N) is 3. The van der Waals surface area contributed by atoms with Crippen molar-refractivity contribution in [3.63, 3.8) is 0 Å². The third-order valence-corrected chi connectivity index (χ3v) is 2.50. The minimum atomic E-state index is -1.03. The van der Waals surface area contributed by atoms with Crippen LogP contribution in [0.2, 0.25) is 0 Å². The number of nitrogens with one attached hydrogen (secondary N) is 1. The molecule has 0 fully saturated rings. The second-order valence-electron chi connectivity index (χ2n) is 4.14. The molecule has 94 valence electrons. The molecule has 1 rings (SSSR count). The number of nitrogens with two attached hydrogens (primary N) is 1. The minimum absolute atomic E-state index is 0.117. The number of carbonyl (C=O) groups is 1. The maximum Gasteiger partial charge on any atom is 0.233 e. The summed E-state index contributed by atoms with van der Waals surface area (Å²) in [4.78, 5) is 11.8. The molecule has 0 radical (unpaired) electrons. The molecular formula is C10H17N5O2. The lowest BCUT2D eigenvalue weighted by atomic mass is 9.91. The summed E-state index contributed by atoms with van der Waals surface area (Å²) >= 11 is 0.